The number of hydroxylamine groups is 1. The van der Waals surface area contributed by atoms with Crippen LogP contribution in [0.5, 0.6) is 0 Å². The van der Waals surface area contributed by atoms with Crippen LogP contribution < -0.4 is 5.48 Å². The Labute approximate surface area is 162 Å². The van der Waals surface area contributed by atoms with Crippen molar-refractivity contribution in [2.45, 2.75) is 57.9 Å². The van der Waals surface area contributed by atoms with Gasteiger partial charge in [0.2, 0.25) is 11.8 Å². The Morgan fingerprint density at radius 2 is 2.19 bits per heavy atom. The van der Waals surface area contributed by atoms with Crippen molar-refractivity contribution in [3.05, 3.63) is 34.6 Å². The van der Waals surface area contributed by atoms with Gasteiger partial charge in [-0.15, -0.1) is 0 Å². The molecule has 1 aromatic carbocycles. The lowest BCUT2D eigenvalue weighted by atomic mass is 9.92. The number of carbonyl (C=O) groups excluding carboxylic acids is 2. The smallest absolute Gasteiger partial charge is 0.249 e. The van der Waals surface area contributed by atoms with Crippen molar-refractivity contribution in [1.29, 1.82) is 0 Å². The number of hydrogen-bond acceptors (Lipinski definition) is 4. The first-order valence-electron chi connectivity index (χ1n) is 9.21. The summed E-state index contributed by atoms with van der Waals surface area (Å²) >= 11 is 5.78. The van der Waals surface area contributed by atoms with E-state index in [-0.39, 0.29) is 23.4 Å². The van der Waals surface area contributed by atoms with Gasteiger partial charge in [0.1, 0.15) is 5.82 Å². The van der Waals surface area contributed by atoms with Crippen LogP contribution in [0.2, 0.25) is 5.02 Å². The normalized spacial score (nSPS) is 25.9. The molecule has 2 fully saturated rings. The molecule has 3 atom stereocenters. The van der Waals surface area contributed by atoms with Crippen LogP contribution in [0.25, 0.3) is 0 Å². The molecular weight excluding hydrogens is 375 g/mol. The summed E-state index contributed by atoms with van der Waals surface area (Å²) in [6.45, 7) is 4.32. The lowest BCUT2D eigenvalue weighted by Gasteiger charge is -2.31. The lowest BCUT2D eigenvalue weighted by molar-refractivity contribution is -0.202. The number of hydrogen-bond donors (Lipinski definition) is 1. The number of likely N-dealkylation sites (tertiary alicyclic amines) is 1. The first-order valence-corrected chi connectivity index (χ1v) is 9.59. The van der Waals surface area contributed by atoms with Gasteiger partial charge in [0.15, 0.2) is 6.29 Å². The molecule has 1 N–H and O–H groups in total. The number of amides is 2. The van der Waals surface area contributed by atoms with Gasteiger partial charge in [-0.05, 0) is 44.4 Å². The molecule has 0 saturated carbocycles. The number of benzene rings is 1. The van der Waals surface area contributed by atoms with Crippen LogP contribution in [0.1, 0.15) is 51.1 Å². The molecule has 3 unspecified atom stereocenters. The van der Waals surface area contributed by atoms with E-state index in [1.54, 1.807) is 11.0 Å². The van der Waals surface area contributed by atoms with Crippen LogP contribution in [0.4, 0.5) is 4.39 Å². The first kappa shape index (κ1) is 20.0. The number of rotatable bonds is 5. The highest BCUT2D eigenvalue weighted by atomic mass is 35.5. The molecule has 6 nitrogen and oxygen atoms in total. The van der Waals surface area contributed by atoms with Crippen molar-refractivity contribution in [1.82, 2.24) is 10.4 Å². The van der Waals surface area contributed by atoms with Gasteiger partial charge in [-0.25, -0.2) is 14.7 Å². The molecule has 0 aromatic heterocycles. The molecule has 2 amide bonds. The average Bonchev–Trinajstić information content (AvgIpc) is 3.00. The van der Waals surface area contributed by atoms with Crippen molar-refractivity contribution in [3.8, 4) is 0 Å². The molecule has 1 aromatic rings. The molecule has 0 bridgehead atoms. The van der Waals surface area contributed by atoms with Gasteiger partial charge in [0.25, 0.3) is 0 Å². The molecule has 0 spiro atoms. The third-order valence-electron chi connectivity index (χ3n) is 4.97. The number of ether oxygens (including phenoxy) is 1. The SMILES string of the molecule is CC(C)N1C(=O)CC(C(=O)NOC2CCCCO2)C1c1ccc(Cl)c(F)c1. The van der Waals surface area contributed by atoms with Gasteiger partial charge in [-0.3, -0.25) is 9.59 Å². The monoisotopic (exact) mass is 398 g/mol. The molecule has 3 rings (SSSR count). The third kappa shape index (κ3) is 4.42. The Hall–Kier alpha value is -1.70. The molecule has 27 heavy (non-hydrogen) atoms. The van der Waals surface area contributed by atoms with E-state index < -0.39 is 30.0 Å². The lowest BCUT2D eigenvalue weighted by Crippen LogP contribution is -2.40. The van der Waals surface area contributed by atoms with Gasteiger partial charge in [0, 0.05) is 25.5 Å². The summed E-state index contributed by atoms with van der Waals surface area (Å²) in [5.41, 5.74) is 2.97. The molecule has 148 valence electrons. The second-order valence-corrected chi connectivity index (χ2v) is 7.61. The highest BCUT2D eigenvalue weighted by Crippen LogP contribution is 2.40. The fourth-order valence-corrected chi connectivity index (χ4v) is 3.81. The maximum absolute atomic E-state index is 14.0. The second-order valence-electron chi connectivity index (χ2n) is 7.20. The largest absolute Gasteiger partial charge is 0.350 e. The fourth-order valence-electron chi connectivity index (χ4n) is 3.69. The van der Waals surface area contributed by atoms with E-state index in [2.05, 4.69) is 5.48 Å². The summed E-state index contributed by atoms with van der Waals surface area (Å²) in [6, 6.07) is 3.65. The maximum atomic E-state index is 14.0. The topological polar surface area (TPSA) is 67.9 Å². The molecule has 2 saturated heterocycles. The Balaban J connectivity index is 1.79. The molecule has 2 aliphatic heterocycles. The molecule has 8 heteroatoms. The zero-order valence-corrected chi connectivity index (χ0v) is 16.2. The zero-order chi connectivity index (χ0) is 19.6. The van der Waals surface area contributed by atoms with Gasteiger partial charge >= 0.3 is 0 Å². The molecule has 2 heterocycles. The number of nitrogens with one attached hydrogen (secondary N) is 1. The van der Waals surface area contributed by atoms with Crippen molar-refractivity contribution in [2.24, 2.45) is 5.92 Å². The molecular formula is C19H24ClFN2O4. The molecule has 2 aliphatic rings. The summed E-state index contributed by atoms with van der Waals surface area (Å²) in [5, 5.41) is -0.00190. The predicted octanol–water partition coefficient (Wildman–Crippen LogP) is 3.35. The second kappa shape index (κ2) is 8.54. The van der Waals surface area contributed by atoms with E-state index in [0.29, 0.717) is 18.6 Å². The van der Waals surface area contributed by atoms with E-state index >= 15 is 0 Å². The van der Waals surface area contributed by atoms with E-state index in [0.717, 1.165) is 12.8 Å². The summed E-state index contributed by atoms with van der Waals surface area (Å²) in [6.07, 6.45) is 2.20. The number of halogens is 2. The Morgan fingerprint density at radius 3 is 2.81 bits per heavy atom. The van der Waals surface area contributed by atoms with Gasteiger partial charge in [-0.1, -0.05) is 17.7 Å². The minimum Gasteiger partial charge on any atom is -0.350 e. The molecule has 0 radical (unpaired) electrons. The van der Waals surface area contributed by atoms with E-state index in [1.165, 1.54) is 12.1 Å². The van der Waals surface area contributed by atoms with E-state index in [1.807, 2.05) is 13.8 Å². The van der Waals surface area contributed by atoms with Crippen LogP contribution in [-0.2, 0) is 19.2 Å². The summed E-state index contributed by atoms with van der Waals surface area (Å²) < 4.78 is 19.4. The zero-order valence-electron chi connectivity index (χ0n) is 15.4. The highest BCUT2D eigenvalue weighted by Gasteiger charge is 2.46. The van der Waals surface area contributed by atoms with Gasteiger partial charge in [-0.2, -0.15) is 0 Å². The number of nitrogens with zero attached hydrogens (tertiary/aromatic N) is 1. The number of carbonyl (C=O) groups is 2. The Kier molecular flexibility index (Phi) is 6.34. The van der Waals surface area contributed by atoms with E-state index in [4.69, 9.17) is 21.2 Å². The van der Waals surface area contributed by atoms with Crippen molar-refractivity contribution < 1.29 is 23.6 Å². The van der Waals surface area contributed by atoms with Gasteiger partial charge < -0.3 is 9.64 Å². The average molecular weight is 399 g/mol. The van der Waals surface area contributed by atoms with Crippen LogP contribution in [0.3, 0.4) is 0 Å². The fraction of sp³-hybridized carbons (Fsp3) is 0.579. The Morgan fingerprint density at radius 1 is 1.41 bits per heavy atom. The van der Waals surface area contributed by atoms with Gasteiger partial charge in [0.05, 0.1) is 17.0 Å². The highest BCUT2D eigenvalue weighted by molar-refractivity contribution is 6.30. The summed E-state index contributed by atoms with van der Waals surface area (Å²) in [5.74, 6) is -1.84. The van der Waals surface area contributed by atoms with Crippen molar-refractivity contribution >= 4 is 23.4 Å². The minimum atomic E-state index is -0.691. The first-order chi connectivity index (χ1) is 12.9. The van der Waals surface area contributed by atoms with Crippen molar-refractivity contribution in [3.63, 3.8) is 0 Å². The molecule has 0 aliphatic carbocycles. The minimum absolute atomic E-state index is 0.00190. The predicted molar refractivity (Wildman–Crippen MR) is 97.1 cm³/mol. The maximum Gasteiger partial charge on any atom is 0.249 e. The van der Waals surface area contributed by atoms with Crippen molar-refractivity contribution in [2.75, 3.05) is 6.61 Å². The van der Waals surface area contributed by atoms with E-state index in [9.17, 15) is 14.0 Å². The summed E-state index contributed by atoms with van der Waals surface area (Å²) in [7, 11) is 0. The third-order valence-corrected chi connectivity index (χ3v) is 5.28. The van der Waals surface area contributed by atoms with Crippen LogP contribution in [0, 0.1) is 11.7 Å². The van der Waals surface area contributed by atoms with Crippen LogP contribution in [-0.4, -0.2) is 35.7 Å². The quantitative estimate of drug-likeness (QED) is 0.772. The van der Waals surface area contributed by atoms with Crippen LogP contribution >= 0.6 is 11.6 Å². The Bertz CT molecular complexity index is 709. The standard InChI is InChI=1S/C19H24ClFN2O4/c1-11(2)23-16(24)10-13(18(23)12-6-7-14(20)15(21)9-12)19(25)22-27-17-5-3-4-8-26-17/h6-7,9,11,13,17-18H,3-5,8,10H2,1-2H3,(H,22,25). The summed E-state index contributed by atoms with van der Waals surface area (Å²) in [4.78, 5) is 32.3. The van der Waals surface area contributed by atoms with Crippen LogP contribution in [0.15, 0.2) is 18.2 Å².